The number of nitrogens with zero attached hydrogens (tertiary/aromatic N) is 1. The molecule has 0 fully saturated rings. The summed E-state index contributed by atoms with van der Waals surface area (Å²) in [5.74, 6) is 0.397. The number of rotatable bonds is 7. The van der Waals surface area contributed by atoms with Gasteiger partial charge < -0.3 is 14.2 Å². The molecule has 0 saturated carbocycles. The first kappa shape index (κ1) is 20.8. The van der Waals surface area contributed by atoms with Crippen molar-refractivity contribution in [3.63, 3.8) is 0 Å². The number of nitriles is 1. The Kier molecular flexibility index (Phi) is 7.41. The molecule has 0 bridgehead atoms. The lowest BCUT2D eigenvalue weighted by molar-refractivity contribution is -0.137. The van der Waals surface area contributed by atoms with Gasteiger partial charge in [-0.05, 0) is 37.1 Å². The highest BCUT2D eigenvalue weighted by Crippen LogP contribution is 2.32. The lowest BCUT2D eigenvalue weighted by Crippen LogP contribution is -2.08. The first-order chi connectivity index (χ1) is 13.5. The van der Waals surface area contributed by atoms with Crippen LogP contribution in [0, 0.1) is 18.3 Å². The molecule has 0 amide bonds. The van der Waals surface area contributed by atoms with E-state index in [0.29, 0.717) is 22.6 Å². The van der Waals surface area contributed by atoms with Gasteiger partial charge in [-0.15, -0.1) is 0 Å². The van der Waals surface area contributed by atoms with Gasteiger partial charge in [-0.1, -0.05) is 48.0 Å². The molecule has 2 aromatic rings. The quantitative estimate of drug-likeness (QED) is 0.306. The van der Waals surface area contributed by atoms with Gasteiger partial charge in [0.25, 0.3) is 0 Å². The second-order valence-electron chi connectivity index (χ2n) is 5.93. The molecule has 0 radical (unpaired) electrons. The molecule has 0 heterocycles. The molecular weight excluding hydrogens is 354 g/mol. The Morgan fingerprint density at radius 3 is 2.32 bits per heavy atom. The van der Waals surface area contributed by atoms with Crippen molar-refractivity contribution in [2.45, 2.75) is 13.8 Å². The molecule has 0 spiro atoms. The first-order valence-electron chi connectivity index (χ1n) is 8.82. The molecule has 0 aromatic heterocycles. The second kappa shape index (κ2) is 9.98. The number of aryl methyl sites for hydroxylation is 1. The number of ether oxygens (including phenoxy) is 3. The van der Waals surface area contributed by atoms with Crippen LogP contribution in [0.5, 0.6) is 11.5 Å². The highest BCUT2D eigenvalue weighted by Gasteiger charge is 2.18. The van der Waals surface area contributed by atoms with E-state index in [4.69, 9.17) is 14.2 Å². The number of hydrogen-bond donors (Lipinski definition) is 0. The number of esters is 1. The standard InChI is InChI=1S/C23H23NO4/c1-5-28-23(25)20(15-24)19(12-10-17-8-6-16(2)7-9-17)18-11-13-21(26-3)22(14-18)27-4/h6-14H,5H2,1-4H3/b12-10+,20-19-. The summed E-state index contributed by atoms with van der Waals surface area (Å²) >= 11 is 0. The van der Waals surface area contributed by atoms with E-state index in [9.17, 15) is 10.1 Å². The predicted molar refractivity (Wildman–Crippen MR) is 109 cm³/mol. The summed E-state index contributed by atoms with van der Waals surface area (Å²) in [6, 6.07) is 15.1. The van der Waals surface area contributed by atoms with E-state index in [0.717, 1.165) is 11.1 Å². The molecule has 0 N–H and O–H groups in total. The summed E-state index contributed by atoms with van der Waals surface area (Å²) in [6.07, 6.45) is 3.59. The van der Waals surface area contributed by atoms with Gasteiger partial charge in [-0.2, -0.15) is 5.26 Å². The number of benzene rings is 2. The third-order valence-corrected chi connectivity index (χ3v) is 4.08. The molecule has 0 atom stereocenters. The Labute approximate surface area is 165 Å². The summed E-state index contributed by atoms with van der Waals surface area (Å²) < 4.78 is 15.7. The van der Waals surface area contributed by atoms with E-state index in [2.05, 4.69) is 0 Å². The molecule has 28 heavy (non-hydrogen) atoms. The lowest BCUT2D eigenvalue weighted by Gasteiger charge is -2.12. The zero-order valence-corrected chi connectivity index (χ0v) is 16.5. The third-order valence-electron chi connectivity index (χ3n) is 4.08. The predicted octanol–water partition coefficient (Wildman–Crippen LogP) is 4.57. The number of carbonyl (C=O) groups is 1. The van der Waals surface area contributed by atoms with Gasteiger partial charge >= 0.3 is 5.97 Å². The Hall–Kier alpha value is -3.52. The average Bonchev–Trinajstić information content (AvgIpc) is 2.71. The van der Waals surface area contributed by atoms with E-state index in [1.165, 1.54) is 7.11 Å². The molecule has 0 unspecified atom stereocenters. The summed E-state index contributed by atoms with van der Waals surface area (Å²) in [5.41, 5.74) is 3.12. The van der Waals surface area contributed by atoms with Gasteiger partial charge in [0, 0.05) is 5.57 Å². The van der Waals surface area contributed by atoms with Crippen molar-refractivity contribution in [3.05, 3.63) is 70.8 Å². The van der Waals surface area contributed by atoms with E-state index in [1.54, 1.807) is 38.3 Å². The fourth-order valence-corrected chi connectivity index (χ4v) is 2.60. The molecule has 0 aliphatic carbocycles. The fraction of sp³-hybridized carbons (Fsp3) is 0.217. The molecule has 2 rings (SSSR count). The lowest BCUT2D eigenvalue weighted by atomic mass is 9.98. The normalized spacial score (nSPS) is 11.5. The number of carbonyl (C=O) groups excluding carboxylic acids is 1. The SMILES string of the molecule is CCOC(=O)/C(C#N)=C(/C=C/c1ccc(C)cc1)c1ccc(OC)c(OC)c1. The van der Waals surface area contributed by atoms with E-state index in [1.807, 2.05) is 43.3 Å². The van der Waals surface area contributed by atoms with Gasteiger partial charge in [0.15, 0.2) is 11.5 Å². The Balaban J connectivity index is 2.60. The molecule has 144 valence electrons. The fourth-order valence-electron chi connectivity index (χ4n) is 2.60. The van der Waals surface area contributed by atoms with Crippen LogP contribution in [0.2, 0.25) is 0 Å². The average molecular weight is 377 g/mol. The van der Waals surface area contributed by atoms with Gasteiger partial charge in [0.1, 0.15) is 11.6 Å². The van der Waals surface area contributed by atoms with Crippen LogP contribution in [0.1, 0.15) is 23.6 Å². The molecule has 2 aromatic carbocycles. The van der Waals surface area contributed by atoms with Crippen LogP contribution in [0.15, 0.2) is 54.1 Å². The minimum absolute atomic E-state index is 0.0718. The van der Waals surface area contributed by atoms with Gasteiger partial charge in [0.05, 0.1) is 20.8 Å². The van der Waals surface area contributed by atoms with Crippen LogP contribution in [-0.2, 0) is 9.53 Å². The molecular formula is C23H23NO4. The highest BCUT2D eigenvalue weighted by molar-refractivity contribution is 6.04. The van der Waals surface area contributed by atoms with E-state index >= 15 is 0 Å². The Bertz CT molecular complexity index is 934. The summed E-state index contributed by atoms with van der Waals surface area (Å²) in [5, 5.41) is 9.62. The van der Waals surface area contributed by atoms with Crippen LogP contribution < -0.4 is 9.47 Å². The number of methoxy groups -OCH3 is 2. The first-order valence-corrected chi connectivity index (χ1v) is 8.82. The zero-order chi connectivity index (χ0) is 20.5. The van der Waals surface area contributed by atoms with Crippen LogP contribution in [0.25, 0.3) is 11.6 Å². The molecule has 0 aliphatic heterocycles. The maximum atomic E-state index is 12.3. The Morgan fingerprint density at radius 1 is 1.07 bits per heavy atom. The summed E-state index contributed by atoms with van der Waals surface area (Å²) in [7, 11) is 3.08. The van der Waals surface area contributed by atoms with Crippen molar-refractivity contribution in [2.75, 3.05) is 20.8 Å². The smallest absolute Gasteiger partial charge is 0.349 e. The van der Waals surface area contributed by atoms with Crippen molar-refractivity contribution in [1.82, 2.24) is 0 Å². The van der Waals surface area contributed by atoms with Crippen molar-refractivity contribution in [2.24, 2.45) is 0 Å². The van der Waals surface area contributed by atoms with E-state index in [-0.39, 0.29) is 12.2 Å². The minimum Gasteiger partial charge on any atom is -0.493 e. The second-order valence-corrected chi connectivity index (χ2v) is 5.93. The van der Waals surface area contributed by atoms with Crippen LogP contribution in [-0.4, -0.2) is 26.8 Å². The summed E-state index contributed by atoms with van der Waals surface area (Å²) in [6.45, 7) is 3.90. The van der Waals surface area contributed by atoms with Gasteiger partial charge in [0.2, 0.25) is 0 Å². The number of hydrogen-bond acceptors (Lipinski definition) is 5. The van der Waals surface area contributed by atoms with Crippen molar-refractivity contribution in [3.8, 4) is 17.6 Å². The highest BCUT2D eigenvalue weighted by atomic mass is 16.5. The molecule has 0 aliphatic rings. The van der Waals surface area contributed by atoms with Crippen LogP contribution >= 0.6 is 0 Å². The van der Waals surface area contributed by atoms with Crippen molar-refractivity contribution in [1.29, 1.82) is 5.26 Å². The van der Waals surface area contributed by atoms with Crippen LogP contribution in [0.4, 0.5) is 0 Å². The minimum atomic E-state index is -0.664. The largest absolute Gasteiger partial charge is 0.493 e. The van der Waals surface area contributed by atoms with Gasteiger partial charge in [-0.3, -0.25) is 0 Å². The maximum Gasteiger partial charge on any atom is 0.349 e. The zero-order valence-electron chi connectivity index (χ0n) is 16.5. The monoisotopic (exact) mass is 377 g/mol. The molecule has 5 heteroatoms. The molecule has 5 nitrogen and oxygen atoms in total. The Morgan fingerprint density at radius 2 is 1.75 bits per heavy atom. The van der Waals surface area contributed by atoms with Crippen molar-refractivity contribution >= 4 is 17.6 Å². The van der Waals surface area contributed by atoms with Crippen LogP contribution in [0.3, 0.4) is 0 Å². The maximum absolute atomic E-state index is 12.3. The summed E-state index contributed by atoms with van der Waals surface area (Å²) in [4.78, 5) is 12.3. The van der Waals surface area contributed by atoms with Crippen molar-refractivity contribution < 1.29 is 19.0 Å². The number of allylic oxidation sites excluding steroid dienone is 2. The molecule has 0 saturated heterocycles. The van der Waals surface area contributed by atoms with E-state index < -0.39 is 5.97 Å². The third kappa shape index (κ3) is 5.01. The topological polar surface area (TPSA) is 68.6 Å². The van der Waals surface area contributed by atoms with Gasteiger partial charge in [-0.25, -0.2) is 4.79 Å².